The fourth-order valence-corrected chi connectivity index (χ4v) is 2.44. The van der Waals surface area contributed by atoms with Crippen molar-refractivity contribution in [2.24, 2.45) is 11.8 Å². The SMILES string of the molecule is Nc1ccn([C@@H]2O[C@@H](CO)[C@H]3C[C@H]32)c(=O)n1. The predicted molar refractivity (Wildman–Crippen MR) is 55.5 cm³/mol. The van der Waals surface area contributed by atoms with Crippen molar-refractivity contribution in [1.82, 2.24) is 9.55 Å². The molecule has 0 amide bonds. The molecule has 86 valence electrons. The molecular weight excluding hydrogens is 210 g/mol. The number of anilines is 1. The first-order valence-corrected chi connectivity index (χ1v) is 5.31. The summed E-state index contributed by atoms with van der Waals surface area (Å²) in [5, 5.41) is 9.09. The normalized spacial score (nSPS) is 36.1. The maximum atomic E-state index is 11.6. The molecule has 1 aromatic rings. The Kier molecular flexibility index (Phi) is 2.02. The summed E-state index contributed by atoms with van der Waals surface area (Å²) in [7, 11) is 0. The van der Waals surface area contributed by atoms with Crippen molar-refractivity contribution in [2.75, 3.05) is 12.3 Å². The number of fused-ring (bicyclic) bond motifs is 1. The summed E-state index contributed by atoms with van der Waals surface area (Å²) in [6.07, 6.45) is 2.18. The molecule has 0 radical (unpaired) electrons. The average molecular weight is 223 g/mol. The number of aliphatic hydroxyl groups is 1. The second kappa shape index (κ2) is 3.29. The Morgan fingerprint density at radius 1 is 1.62 bits per heavy atom. The molecule has 0 bridgehead atoms. The van der Waals surface area contributed by atoms with Crippen LogP contribution in [0.5, 0.6) is 0 Å². The molecule has 0 unspecified atom stereocenters. The number of nitrogen functional groups attached to an aromatic ring is 1. The molecule has 6 heteroatoms. The lowest BCUT2D eigenvalue weighted by Crippen LogP contribution is -2.29. The largest absolute Gasteiger partial charge is 0.394 e. The highest BCUT2D eigenvalue weighted by molar-refractivity contribution is 5.23. The molecule has 1 saturated heterocycles. The van der Waals surface area contributed by atoms with Crippen LogP contribution in [-0.4, -0.2) is 27.4 Å². The fourth-order valence-electron chi connectivity index (χ4n) is 2.44. The smallest absolute Gasteiger partial charge is 0.351 e. The van der Waals surface area contributed by atoms with E-state index in [9.17, 15) is 4.79 Å². The van der Waals surface area contributed by atoms with Gasteiger partial charge in [-0.05, 0) is 18.4 Å². The topological polar surface area (TPSA) is 90.4 Å². The van der Waals surface area contributed by atoms with E-state index in [0.717, 1.165) is 6.42 Å². The first-order chi connectivity index (χ1) is 7.70. The summed E-state index contributed by atoms with van der Waals surface area (Å²) >= 11 is 0. The molecule has 1 aliphatic heterocycles. The lowest BCUT2D eigenvalue weighted by atomic mass is 10.2. The zero-order valence-electron chi connectivity index (χ0n) is 8.61. The van der Waals surface area contributed by atoms with Crippen molar-refractivity contribution in [3.63, 3.8) is 0 Å². The number of nitrogens with zero attached hydrogens (tertiary/aromatic N) is 2. The minimum atomic E-state index is -0.394. The number of ether oxygens (including phenoxy) is 1. The Labute approximate surface area is 91.7 Å². The summed E-state index contributed by atoms with van der Waals surface area (Å²) in [5.41, 5.74) is 5.03. The fraction of sp³-hybridized carbons (Fsp3) is 0.600. The highest BCUT2D eigenvalue weighted by Crippen LogP contribution is 2.56. The third-order valence-electron chi connectivity index (χ3n) is 3.35. The van der Waals surface area contributed by atoms with Crippen LogP contribution in [0, 0.1) is 11.8 Å². The third-order valence-corrected chi connectivity index (χ3v) is 3.35. The average Bonchev–Trinajstić information content (AvgIpc) is 2.96. The van der Waals surface area contributed by atoms with Crippen molar-refractivity contribution in [3.8, 4) is 0 Å². The van der Waals surface area contributed by atoms with Gasteiger partial charge in [0.1, 0.15) is 12.0 Å². The maximum absolute atomic E-state index is 11.6. The van der Waals surface area contributed by atoms with Crippen LogP contribution < -0.4 is 11.4 Å². The van der Waals surface area contributed by atoms with Crippen LogP contribution in [0.3, 0.4) is 0 Å². The molecule has 1 aromatic heterocycles. The Morgan fingerprint density at radius 3 is 3.06 bits per heavy atom. The van der Waals surface area contributed by atoms with E-state index in [0.29, 0.717) is 11.8 Å². The van der Waals surface area contributed by atoms with Crippen LogP contribution in [0.2, 0.25) is 0 Å². The number of aromatic nitrogens is 2. The monoisotopic (exact) mass is 223 g/mol. The van der Waals surface area contributed by atoms with E-state index in [2.05, 4.69) is 4.98 Å². The lowest BCUT2D eigenvalue weighted by Gasteiger charge is -2.18. The van der Waals surface area contributed by atoms with Crippen LogP contribution in [0.1, 0.15) is 12.6 Å². The van der Waals surface area contributed by atoms with Gasteiger partial charge in [0.2, 0.25) is 0 Å². The Morgan fingerprint density at radius 2 is 2.44 bits per heavy atom. The van der Waals surface area contributed by atoms with E-state index >= 15 is 0 Å². The van der Waals surface area contributed by atoms with Gasteiger partial charge in [0.25, 0.3) is 0 Å². The van der Waals surface area contributed by atoms with Gasteiger partial charge in [0.05, 0.1) is 12.7 Å². The summed E-state index contributed by atoms with van der Waals surface area (Å²) in [4.78, 5) is 15.3. The molecule has 1 aliphatic carbocycles. The van der Waals surface area contributed by atoms with Gasteiger partial charge >= 0.3 is 5.69 Å². The van der Waals surface area contributed by atoms with Crippen molar-refractivity contribution in [2.45, 2.75) is 18.8 Å². The molecule has 6 nitrogen and oxygen atoms in total. The quantitative estimate of drug-likeness (QED) is 0.695. The second-order valence-corrected chi connectivity index (χ2v) is 4.35. The Hall–Kier alpha value is -1.40. The van der Waals surface area contributed by atoms with Crippen molar-refractivity contribution in [3.05, 3.63) is 22.7 Å². The Bertz CT molecular complexity index is 473. The number of aliphatic hydroxyl groups excluding tert-OH is 1. The van der Waals surface area contributed by atoms with Crippen molar-refractivity contribution >= 4 is 5.82 Å². The third kappa shape index (κ3) is 1.34. The molecule has 16 heavy (non-hydrogen) atoms. The number of hydrogen-bond donors (Lipinski definition) is 2. The standard InChI is InChI=1S/C10H13N3O3/c11-8-1-2-13(10(15)12-8)9-6-3-5(6)7(4-14)16-9/h1-2,5-7,9,14H,3-4H2,(H2,11,12,15)/t5-,6+,7-,9+/m0/s1. The van der Waals surface area contributed by atoms with Gasteiger partial charge in [0, 0.05) is 12.1 Å². The summed E-state index contributed by atoms with van der Waals surface area (Å²) in [5.74, 6) is 0.935. The minimum Gasteiger partial charge on any atom is -0.394 e. The first-order valence-electron chi connectivity index (χ1n) is 5.31. The summed E-state index contributed by atoms with van der Waals surface area (Å²) < 4.78 is 7.07. The highest BCUT2D eigenvalue weighted by Gasteiger charge is 2.56. The van der Waals surface area contributed by atoms with E-state index in [1.807, 2.05) is 0 Å². The van der Waals surface area contributed by atoms with Gasteiger partial charge in [-0.1, -0.05) is 0 Å². The molecule has 3 N–H and O–H groups in total. The zero-order chi connectivity index (χ0) is 11.3. The molecule has 2 heterocycles. The molecule has 1 saturated carbocycles. The van der Waals surface area contributed by atoms with Crippen molar-refractivity contribution < 1.29 is 9.84 Å². The van der Waals surface area contributed by atoms with Gasteiger partial charge in [-0.25, -0.2) is 4.79 Å². The maximum Gasteiger partial charge on any atom is 0.351 e. The first kappa shape index (κ1) is 9.80. The van der Waals surface area contributed by atoms with Crippen LogP contribution >= 0.6 is 0 Å². The van der Waals surface area contributed by atoms with E-state index < -0.39 is 5.69 Å². The van der Waals surface area contributed by atoms with E-state index in [1.165, 1.54) is 4.57 Å². The van der Waals surface area contributed by atoms with Gasteiger partial charge in [-0.3, -0.25) is 4.57 Å². The summed E-state index contributed by atoms with van der Waals surface area (Å²) in [6, 6.07) is 1.58. The molecule has 2 aliphatic rings. The van der Waals surface area contributed by atoms with Crippen LogP contribution in [-0.2, 0) is 4.74 Å². The van der Waals surface area contributed by atoms with Crippen LogP contribution in [0.15, 0.2) is 17.1 Å². The predicted octanol–water partition coefficient (Wildman–Crippen LogP) is -0.649. The molecule has 2 fully saturated rings. The molecule has 0 spiro atoms. The van der Waals surface area contributed by atoms with E-state index in [4.69, 9.17) is 15.6 Å². The van der Waals surface area contributed by atoms with Gasteiger partial charge in [0.15, 0.2) is 0 Å². The summed E-state index contributed by atoms with van der Waals surface area (Å²) in [6.45, 7) is 0.00875. The van der Waals surface area contributed by atoms with E-state index in [1.54, 1.807) is 12.3 Å². The molecular formula is C10H13N3O3. The molecule has 3 rings (SSSR count). The lowest BCUT2D eigenvalue weighted by molar-refractivity contribution is -0.0516. The molecule has 0 aromatic carbocycles. The van der Waals surface area contributed by atoms with Gasteiger partial charge < -0.3 is 15.6 Å². The Balaban J connectivity index is 1.91. The number of nitrogens with two attached hydrogens (primary N) is 1. The number of hydrogen-bond acceptors (Lipinski definition) is 5. The highest BCUT2D eigenvalue weighted by atomic mass is 16.5. The van der Waals surface area contributed by atoms with Gasteiger partial charge in [-0.15, -0.1) is 0 Å². The van der Waals surface area contributed by atoms with Crippen LogP contribution in [0.4, 0.5) is 5.82 Å². The minimum absolute atomic E-state index is 0.00875. The van der Waals surface area contributed by atoms with Gasteiger partial charge in [-0.2, -0.15) is 4.98 Å². The number of rotatable bonds is 2. The second-order valence-electron chi connectivity index (χ2n) is 4.35. The van der Waals surface area contributed by atoms with Crippen molar-refractivity contribution in [1.29, 1.82) is 0 Å². The van der Waals surface area contributed by atoms with E-state index in [-0.39, 0.29) is 24.8 Å². The zero-order valence-corrected chi connectivity index (χ0v) is 8.61. The molecule has 4 atom stereocenters. The van der Waals surface area contributed by atoms with Crippen LogP contribution in [0.25, 0.3) is 0 Å².